The second-order valence-corrected chi connectivity index (χ2v) is 6.84. The van der Waals surface area contributed by atoms with E-state index >= 15 is 0 Å². The van der Waals surface area contributed by atoms with E-state index in [2.05, 4.69) is 10.6 Å². The van der Waals surface area contributed by atoms with Crippen molar-refractivity contribution >= 4 is 23.3 Å². The molecule has 1 aliphatic rings. The lowest BCUT2D eigenvalue weighted by molar-refractivity contribution is -0.165. The number of fused-ring (bicyclic) bond motifs is 1. The van der Waals surface area contributed by atoms with E-state index in [0.717, 1.165) is 11.8 Å². The second-order valence-electron chi connectivity index (χ2n) is 6.84. The molecule has 33 heavy (non-hydrogen) atoms. The number of halogens is 3. The minimum absolute atomic E-state index is 0.0305. The Morgan fingerprint density at radius 2 is 1.85 bits per heavy atom. The van der Waals surface area contributed by atoms with Gasteiger partial charge in [0.2, 0.25) is 6.79 Å². The zero-order valence-electron chi connectivity index (χ0n) is 17.3. The van der Waals surface area contributed by atoms with Gasteiger partial charge in [0.15, 0.2) is 17.6 Å². The zero-order chi connectivity index (χ0) is 24.0. The maximum atomic E-state index is 12.5. The van der Waals surface area contributed by atoms with Gasteiger partial charge in [0.1, 0.15) is 0 Å². The second kappa shape index (κ2) is 10.1. The molecule has 0 saturated carbocycles. The van der Waals surface area contributed by atoms with Gasteiger partial charge in [-0.1, -0.05) is 18.2 Å². The highest BCUT2D eigenvalue weighted by molar-refractivity contribution is 5.98. The highest BCUT2D eigenvalue weighted by atomic mass is 19.4. The van der Waals surface area contributed by atoms with Crippen LogP contribution in [0.5, 0.6) is 11.5 Å². The Morgan fingerprint density at radius 3 is 2.61 bits per heavy atom. The molecule has 2 aromatic carbocycles. The number of carbonyl (C=O) groups is 3. The van der Waals surface area contributed by atoms with Crippen molar-refractivity contribution in [1.29, 1.82) is 0 Å². The van der Waals surface area contributed by atoms with E-state index < -0.39 is 29.9 Å². The van der Waals surface area contributed by atoms with Gasteiger partial charge in [-0.3, -0.25) is 9.59 Å². The molecule has 1 atom stereocenters. The lowest BCUT2D eigenvalue weighted by Crippen LogP contribution is -2.35. The van der Waals surface area contributed by atoms with E-state index in [0.29, 0.717) is 17.6 Å². The molecule has 1 aliphatic heterocycles. The minimum Gasteiger partial charge on any atom is -0.454 e. The number of nitrogens with one attached hydrogen (secondary N) is 2. The normalized spacial score (nSPS) is 13.5. The number of benzene rings is 2. The maximum Gasteiger partial charge on any atom is 0.454 e. The standard InChI is InChI=1S/C22H19F3N2O6/c1-13(20(29)27-11-14-6-7-17-18(10-14)32-12-31-17)33-21(30)15-4-2-3-5-16(15)26-9-8-19(28)22(23,24)25/h2-10,13,26H,11-12H2,1H3,(H,27,29). The first-order chi connectivity index (χ1) is 15.6. The summed E-state index contributed by atoms with van der Waals surface area (Å²) in [7, 11) is 0. The van der Waals surface area contributed by atoms with Crippen LogP contribution in [-0.4, -0.2) is 36.7 Å². The van der Waals surface area contributed by atoms with Crippen molar-refractivity contribution in [3.8, 4) is 11.5 Å². The number of ketones is 1. The molecular weight excluding hydrogens is 445 g/mol. The molecule has 2 N–H and O–H groups in total. The molecule has 0 aromatic heterocycles. The number of ether oxygens (including phenoxy) is 3. The van der Waals surface area contributed by atoms with Crippen molar-refractivity contribution in [3.05, 3.63) is 65.9 Å². The van der Waals surface area contributed by atoms with Gasteiger partial charge in [-0.25, -0.2) is 4.79 Å². The van der Waals surface area contributed by atoms with Crippen LogP contribution >= 0.6 is 0 Å². The van der Waals surface area contributed by atoms with Crippen molar-refractivity contribution in [2.24, 2.45) is 0 Å². The van der Waals surface area contributed by atoms with Crippen LogP contribution < -0.4 is 20.1 Å². The van der Waals surface area contributed by atoms with E-state index in [1.54, 1.807) is 18.2 Å². The molecule has 0 bridgehead atoms. The van der Waals surface area contributed by atoms with Crippen LogP contribution in [0.15, 0.2) is 54.7 Å². The van der Waals surface area contributed by atoms with Gasteiger partial charge >= 0.3 is 12.1 Å². The van der Waals surface area contributed by atoms with Crippen molar-refractivity contribution in [1.82, 2.24) is 5.32 Å². The summed E-state index contributed by atoms with van der Waals surface area (Å²) in [5, 5.41) is 5.08. The summed E-state index contributed by atoms with van der Waals surface area (Å²) in [6, 6.07) is 11.0. The molecule has 0 saturated heterocycles. The van der Waals surface area contributed by atoms with Crippen molar-refractivity contribution in [3.63, 3.8) is 0 Å². The van der Waals surface area contributed by atoms with Crippen molar-refractivity contribution in [2.75, 3.05) is 12.1 Å². The monoisotopic (exact) mass is 464 g/mol. The fourth-order valence-electron chi connectivity index (χ4n) is 2.75. The Hall–Kier alpha value is -4.02. The number of anilines is 1. The summed E-state index contributed by atoms with van der Waals surface area (Å²) in [5.41, 5.74) is 0.819. The zero-order valence-corrected chi connectivity index (χ0v) is 17.3. The molecule has 3 rings (SSSR count). The lowest BCUT2D eigenvalue weighted by Gasteiger charge is -2.15. The average molecular weight is 464 g/mol. The van der Waals surface area contributed by atoms with E-state index in [1.807, 2.05) is 0 Å². The van der Waals surface area contributed by atoms with Crippen molar-refractivity contribution < 1.29 is 41.8 Å². The quantitative estimate of drug-likeness (QED) is 0.456. The van der Waals surface area contributed by atoms with Crippen LogP contribution in [0.1, 0.15) is 22.8 Å². The van der Waals surface area contributed by atoms with Crippen LogP contribution in [0.4, 0.5) is 18.9 Å². The molecule has 11 heteroatoms. The fraction of sp³-hybridized carbons (Fsp3) is 0.227. The smallest absolute Gasteiger partial charge is 0.454 e. The molecule has 8 nitrogen and oxygen atoms in total. The third-order valence-electron chi connectivity index (χ3n) is 4.46. The highest BCUT2D eigenvalue weighted by Crippen LogP contribution is 2.32. The number of esters is 1. The lowest BCUT2D eigenvalue weighted by atomic mass is 10.1. The van der Waals surface area contributed by atoms with Crippen LogP contribution in [0.25, 0.3) is 0 Å². The molecular formula is C22H19F3N2O6. The van der Waals surface area contributed by atoms with E-state index in [9.17, 15) is 27.6 Å². The first-order valence-electron chi connectivity index (χ1n) is 9.65. The van der Waals surface area contributed by atoms with Gasteiger partial charge in [0.25, 0.3) is 11.7 Å². The Balaban J connectivity index is 1.56. The molecule has 1 unspecified atom stereocenters. The van der Waals surface area contributed by atoms with E-state index in [1.165, 1.54) is 31.2 Å². The number of para-hydroxylation sites is 1. The van der Waals surface area contributed by atoms with Crippen LogP contribution in [0.2, 0.25) is 0 Å². The Kier molecular flexibility index (Phi) is 7.21. The molecule has 1 heterocycles. The van der Waals surface area contributed by atoms with Crippen LogP contribution in [0, 0.1) is 0 Å². The fourth-order valence-corrected chi connectivity index (χ4v) is 2.75. The molecule has 1 amide bonds. The summed E-state index contributed by atoms with van der Waals surface area (Å²) >= 11 is 0. The summed E-state index contributed by atoms with van der Waals surface area (Å²) in [6.07, 6.45) is -5.08. The third-order valence-corrected chi connectivity index (χ3v) is 4.46. The van der Waals surface area contributed by atoms with Gasteiger partial charge in [-0.05, 0) is 36.8 Å². The first-order valence-corrected chi connectivity index (χ1v) is 9.65. The first kappa shape index (κ1) is 23.6. The Bertz CT molecular complexity index is 1080. The minimum atomic E-state index is -5.00. The van der Waals surface area contributed by atoms with Gasteiger partial charge in [0, 0.05) is 18.8 Å². The van der Waals surface area contributed by atoms with E-state index in [4.69, 9.17) is 14.2 Å². The molecule has 0 aliphatic carbocycles. The summed E-state index contributed by atoms with van der Waals surface area (Å²) in [6.45, 7) is 1.67. The highest BCUT2D eigenvalue weighted by Gasteiger charge is 2.36. The number of hydrogen-bond acceptors (Lipinski definition) is 7. The van der Waals surface area contributed by atoms with Gasteiger partial charge < -0.3 is 24.8 Å². The molecule has 0 fully saturated rings. The molecule has 0 spiro atoms. The van der Waals surface area contributed by atoms with Crippen molar-refractivity contribution in [2.45, 2.75) is 25.7 Å². The number of rotatable bonds is 8. The molecule has 174 valence electrons. The number of alkyl halides is 3. The van der Waals surface area contributed by atoms with Crippen LogP contribution in [-0.2, 0) is 20.9 Å². The van der Waals surface area contributed by atoms with Gasteiger partial charge in [0.05, 0.1) is 11.3 Å². The van der Waals surface area contributed by atoms with Crippen LogP contribution in [0.3, 0.4) is 0 Å². The van der Waals surface area contributed by atoms with E-state index in [-0.39, 0.29) is 24.6 Å². The summed E-state index contributed by atoms with van der Waals surface area (Å²) in [5.74, 6) is -2.31. The predicted molar refractivity (Wildman–Crippen MR) is 110 cm³/mol. The number of carbonyl (C=O) groups excluding carboxylic acids is 3. The summed E-state index contributed by atoms with van der Waals surface area (Å²) < 4.78 is 52.5. The number of hydrogen-bond donors (Lipinski definition) is 2. The third kappa shape index (κ3) is 6.25. The maximum absolute atomic E-state index is 12.5. The Morgan fingerprint density at radius 1 is 1.12 bits per heavy atom. The Labute approximate surface area is 186 Å². The summed E-state index contributed by atoms with van der Waals surface area (Å²) in [4.78, 5) is 35.7. The number of amides is 1. The predicted octanol–water partition coefficient (Wildman–Crippen LogP) is 3.33. The average Bonchev–Trinajstić information content (AvgIpc) is 3.24. The number of allylic oxidation sites excluding steroid dienone is 1. The van der Waals surface area contributed by atoms with Gasteiger partial charge in [-0.2, -0.15) is 13.2 Å². The molecule has 0 radical (unpaired) electrons. The topological polar surface area (TPSA) is 103 Å². The van der Waals surface area contributed by atoms with Gasteiger partial charge in [-0.15, -0.1) is 0 Å². The SMILES string of the molecule is CC(OC(=O)c1ccccc1NC=CC(=O)C(F)(F)F)C(=O)NCc1ccc2c(c1)OCO2. The largest absolute Gasteiger partial charge is 0.454 e. The molecule has 2 aromatic rings.